The molecule has 1 rings (SSSR count). The number of halogens is 1. The van der Waals surface area contributed by atoms with Crippen LogP contribution in [0.25, 0.3) is 0 Å². The molecule has 0 bridgehead atoms. The molecular weight excluding hydrogens is 292 g/mol. The van der Waals surface area contributed by atoms with Gasteiger partial charge in [-0.2, -0.15) is 0 Å². The summed E-state index contributed by atoms with van der Waals surface area (Å²) in [4.78, 5) is 14.1. The van der Waals surface area contributed by atoms with E-state index in [0.29, 0.717) is 11.3 Å². The zero-order valence-electron chi connectivity index (χ0n) is 11.6. The van der Waals surface area contributed by atoms with Crippen molar-refractivity contribution in [3.8, 4) is 0 Å². The molecule has 1 unspecified atom stereocenters. The van der Waals surface area contributed by atoms with E-state index in [1.54, 1.807) is 23.1 Å². The molecule has 0 saturated carbocycles. The summed E-state index contributed by atoms with van der Waals surface area (Å²) in [5, 5.41) is 0. The Balaban J connectivity index is 2.97. The van der Waals surface area contributed by atoms with Crippen LogP contribution in [0.5, 0.6) is 0 Å². The van der Waals surface area contributed by atoms with Gasteiger partial charge in [-0.15, -0.1) is 0 Å². The number of amides is 1. The monoisotopic (exact) mass is 312 g/mol. The van der Waals surface area contributed by atoms with Gasteiger partial charge < -0.3 is 10.6 Å². The van der Waals surface area contributed by atoms with Gasteiger partial charge in [0.25, 0.3) is 5.91 Å². The number of nitrogens with zero attached hydrogens (tertiary/aromatic N) is 1. The Bertz CT molecular complexity index is 452. The molecule has 1 aromatic carbocycles. The Morgan fingerprint density at radius 3 is 2.39 bits per heavy atom. The van der Waals surface area contributed by atoms with Gasteiger partial charge in [0.2, 0.25) is 0 Å². The fraction of sp³-hybridized carbons (Fsp3) is 0.500. The molecule has 2 N–H and O–H groups in total. The zero-order chi connectivity index (χ0) is 14.1. The molecule has 3 nitrogen and oxygen atoms in total. The number of hydrogen-bond acceptors (Lipinski definition) is 2. The maximum Gasteiger partial charge on any atom is 0.253 e. The van der Waals surface area contributed by atoms with E-state index in [0.717, 1.165) is 4.47 Å². The lowest BCUT2D eigenvalue weighted by atomic mass is 9.87. The van der Waals surface area contributed by atoms with Crippen LogP contribution in [0.15, 0.2) is 22.7 Å². The third kappa shape index (κ3) is 3.25. The molecule has 0 saturated heterocycles. The molecule has 0 aromatic heterocycles. The van der Waals surface area contributed by atoms with Crippen LogP contribution in [-0.4, -0.2) is 23.9 Å². The van der Waals surface area contributed by atoms with E-state index in [1.807, 2.05) is 7.05 Å². The van der Waals surface area contributed by atoms with E-state index >= 15 is 0 Å². The average Bonchev–Trinajstić information content (AvgIpc) is 2.28. The van der Waals surface area contributed by atoms with Crippen molar-refractivity contribution >= 4 is 27.5 Å². The molecular formula is C14H21BrN2O. The number of benzene rings is 1. The molecule has 0 aliphatic heterocycles. The van der Waals surface area contributed by atoms with E-state index in [2.05, 4.69) is 43.6 Å². The van der Waals surface area contributed by atoms with Crippen molar-refractivity contribution in [1.29, 1.82) is 0 Å². The summed E-state index contributed by atoms with van der Waals surface area (Å²) in [5.74, 6) is -0.00312. The number of carbonyl (C=O) groups is 1. The summed E-state index contributed by atoms with van der Waals surface area (Å²) >= 11 is 3.33. The number of rotatable bonds is 2. The van der Waals surface area contributed by atoms with Crippen molar-refractivity contribution in [2.24, 2.45) is 5.41 Å². The van der Waals surface area contributed by atoms with Gasteiger partial charge in [-0.05, 0) is 46.5 Å². The Kier molecular flexibility index (Phi) is 4.43. The van der Waals surface area contributed by atoms with Crippen molar-refractivity contribution in [2.45, 2.75) is 33.7 Å². The summed E-state index contributed by atoms with van der Waals surface area (Å²) in [6, 6.07) is 5.44. The highest BCUT2D eigenvalue weighted by atomic mass is 79.9. The molecule has 0 fully saturated rings. The van der Waals surface area contributed by atoms with Gasteiger partial charge in [0.15, 0.2) is 0 Å². The van der Waals surface area contributed by atoms with Crippen LogP contribution < -0.4 is 5.73 Å². The SMILES string of the molecule is CC(N(C)C(=O)c1ccc(Br)c(N)c1)C(C)(C)C. The third-order valence-corrected chi connectivity index (χ3v) is 4.12. The first-order valence-electron chi connectivity index (χ1n) is 5.96. The lowest BCUT2D eigenvalue weighted by molar-refractivity contribution is 0.0629. The molecule has 0 radical (unpaired) electrons. The van der Waals surface area contributed by atoms with E-state index in [1.165, 1.54) is 0 Å². The van der Waals surface area contributed by atoms with Gasteiger partial charge in [0, 0.05) is 28.8 Å². The van der Waals surface area contributed by atoms with Gasteiger partial charge in [0.1, 0.15) is 0 Å². The second-order valence-electron chi connectivity index (χ2n) is 5.69. The smallest absolute Gasteiger partial charge is 0.253 e. The number of carbonyl (C=O) groups excluding carboxylic acids is 1. The Labute approximate surface area is 117 Å². The zero-order valence-corrected chi connectivity index (χ0v) is 13.2. The number of nitrogen functional groups attached to an aromatic ring is 1. The normalized spacial score (nSPS) is 13.2. The average molecular weight is 313 g/mol. The molecule has 4 heteroatoms. The minimum absolute atomic E-state index is 0.00312. The lowest BCUT2D eigenvalue weighted by Crippen LogP contribution is -2.42. The fourth-order valence-electron chi connectivity index (χ4n) is 1.64. The maximum atomic E-state index is 12.4. The van der Waals surface area contributed by atoms with Crippen LogP contribution in [0, 0.1) is 5.41 Å². The second-order valence-corrected chi connectivity index (χ2v) is 6.55. The second kappa shape index (κ2) is 5.31. The first-order valence-corrected chi connectivity index (χ1v) is 6.76. The highest BCUT2D eigenvalue weighted by Gasteiger charge is 2.27. The van der Waals surface area contributed by atoms with Gasteiger partial charge in [0.05, 0.1) is 0 Å². The van der Waals surface area contributed by atoms with E-state index in [4.69, 9.17) is 5.73 Å². The van der Waals surface area contributed by atoms with Crippen molar-refractivity contribution in [1.82, 2.24) is 4.90 Å². The van der Waals surface area contributed by atoms with Crippen LogP contribution in [0.1, 0.15) is 38.1 Å². The largest absolute Gasteiger partial charge is 0.398 e. The Hall–Kier alpha value is -1.03. The third-order valence-electron chi connectivity index (χ3n) is 3.40. The van der Waals surface area contributed by atoms with Crippen LogP contribution in [-0.2, 0) is 0 Å². The maximum absolute atomic E-state index is 12.4. The number of hydrogen-bond donors (Lipinski definition) is 1. The molecule has 0 spiro atoms. The quantitative estimate of drug-likeness (QED) is 0.849. The van der Waals surface area contributed by atoms with Gasteiger partial charge >= 0.3 is 0 Å². The van der Waals surface area contributed by atoms with Gasteiger partial charge in [-0.3, -0.25) is 4.79 Å². The van der Waals surface area contributed by atoms with Crippen molar-refractivity contribution in [2.75, 3.05) is 12.8 Å². The topological polar surface area (TPSA) is 46.3 Å². The number of nitrogens with two attached hydrogens (primary N) is 1. The molecule has 100 valence electrons. The van der Waals surface area contributed by atoms with Crippen molar-refractivity contribution in [3.63, 3.8) is 0 Å². The fourth-order valence-corrected chi connectivity index (χ4v) is 1.88. The highest BCUT2D eigenvalue weighted by Crippen LogP contribution is 2.26. The molecule has 0 aliphatic carbocycles. The van der Waals surface area contributed by atoms with Crippen LogP contribution >= 0.6 is 15.9 Å². The lowest BCUT2D eigenvalue weighted by Gasteiger charge is -2.35. The minimum Gasteiger partial charge on any atom is -0.398 e. The first kappa shape index (κ1) is 15.0. The molecule has 0 heterocycles. The minimum atomic E-state index is -0.00312. The highest BCUT2D eigenvalue weighted by molar-refractivity contribution is 9.10. The Morgan fingerprint density at radius 2 is 1.94 bits per heavy atom. The summed E-state index contributed by atoms with van der Waals surface area (Å²) in [7, 11) is 1.83. The van der Waals surface area contributed by atoms with E-state index in [-0.39, 0.29) is 17.4 Å². The first-order chi connectivity index (χ1) is 8.14. The molecule has 1 amide bonds. The summed E-state index contributed by atoms with van der Waals surface area (Å²) in [6.07, 6.45) is 0. The van der Waals surface area contributed by atoms with Crippen LogP contribution in [0.4, 0.5) is 5.69 Å². The van der Waals surface area contributed by atoms with Gasteiger partial charge in [-0.1, -0.05) is 20.8 Å². The molecule has 1 aromatic rings. The Morgan fingerprint density at radius 1 is 1.39 bits per heavy atom. The van der Waals surface area contributed by atoms with E-state index in [9.17, 15) is 4.79 Å². The van der Waals surface area contributed by atoms with E-state index < -0.39 is 0 Å². The van der Waals surface area contributed by atoms with Crippen LogP contribution in [0.3, 0.4) is 0 Å². The molecule has 18 heavy (non-hydrogen) atoms. The standard InChI is InChI=1S/C14H21BrN2O/c1-9(14(2,3)4)17(5)13(18)10-6-7-11(15)12(16)8-10/h6-9H,16H2,1-5H3. The van der Waals surface area contributed by atoms with Crippen molar-refractivity contribution in [3.05, 3.63) is 28.2 Å². The predicted molar refractivity (Wildman–Crippen MR) is 79.6 cm³/mol. The summed E-state index contributed by atoms with van der Waals surface area (Å²) in [5.41, 5.74) is 7.05. The molecule has 1 atom stereocenters. The summed E-state index contributed by atoms with van der Waals surface area (Å²) < 4.78 is 0.811. The summed E-state index contributed by atoms with van der Waals surface area (Å²) in [6.45, 7) is 8.42. The number of anilines is 1. The van der Waals surface area contributed by atoms with Gasteiger partial charge in [-0.25, -0.2) is 0 Å². The van der Waals surface area contributed by atoms with Crippen LogP contribution in [0.2, 0.25) is 0 Å². The van der Waals surface area contributed by atoms with Crippen molar-refractivity contribution < 1.29 is 4.79 Å². The molecule has 0 aliphatic rings. The predicted octanol–water partition coefficient (Wildman–Crippen LogP) is 3.54.